The zero-order valence-electron chi connectivity index (χ0n) is 15.6. The summed E-state index contributed by atoms with van der Waals surface area (Å²) in [5, 5.41) is 20.8. The summed E-state index contributed by atoms with van der Waals surface area (Å²) in [5.41, 5.74) is 1.88. The van der Waals surface area contributed by atoms with Gasteiger partial charge in [0.15, 0.2) is 0 Å². The number of aromatic nitrogens is 6. The predicted molar refractivity (Wildman–Crippen MR) is 101 cm³/mol. The van der Waals surface area contributed by atoms with Crippen molar-refractivity contribution < 1.29 is 13.6 Å². The fourth-order valence-corrected chi connectivity index (χ4v) is 3.41. The Kier molecular flexibility index (Phi) is 5.11. The van der Waals surface area contributed by atoms with Gasteiger partial charge in [0.1, 0.15) is 17.3 Å². The summed E-state index contributed by atoms with van der Waals surface area (Å²) < 4.78 is 18.2. The second-order valence-corrected chi connectivity index (χ2v) is 7.03. The van der Waals surface area contributed by atoms with Gasteiger partial charge in [-0.15, -0.1) is 15.3 Å². The second kappa shape index (κ2) is 7.85. The molecule has 1 aromatic carbocycles. The third-order valence-electron chi connectivity index (χ3n) is 4.05. The number of tetrazole rings is 1. The maximum Gasteiger partial charge on any atom is 0.251 e. The number of aryl methyl sites for hydroxylation is 2. The van der Waals surface area contributed by atoms with Gasteiger partial charge in [-0.25, -0.2) is 4.68 Å². The van der Waals surface area contributed by atoms with Gasteiger partial charge in [0.2, 0.25) is 11.0 Å². The number of furan rings is 1. The average molecular weight is 398 g/mol. The molecular formula is C18H18N6O3S. The first kappa shape index (κ1) is 18.2. The first-order valence-electron chi connectivity index (χ1n) is 8.54. The molecule has 28 heavy (non-hydrogen) atoms. The molecule has 0 unspecified atom stereocenters. The van der Waals surface area contributed by atoms with Crippen molar-refractivity contribution >= 4 is 11.8 Å². The van der Waals surface area contributed by atoms with Crippen LogP contribution in [0.15, 0.2) is 44.3 Å². The number of ether oxygens (including phenoxy) is 1. The summed E-state index contributed by atoms with van der Waals surface area (Å²) in [5.74, 6) is 3.78. The van der Waals surface area contributed by atoms with Gasteiger partial charge in [-0.1, -0.05) is 23.9 Å². The van der Waals surface area contributed by atoms with Gasteiger partial charge in [0.05, 0.1) is 25.0 Å². The maximum absolute atomic E-state index is 5.75. The number of rotatable bonds is 7. The van der Waals surface area contributed by atoms with Crippen molar-refractivity contribution in [2.75, 3.05) is 7.11 Å². The van der Waals surface area contributed by atoms with Crippen LogP contribution in [-0.2, 0) is 12.3 Å². The summed E-state index contributed by atoms with van der Waals surface area (Å²) in [6, 6.07) is 9.66. The molecule has 10 heteroatoms. The average Bonchev–Trinajstić information content (AvgIpc) is 3.41. The minimum absolute atomic E-state index is 0.447. The van der Waals surface area contributed by atoms with Gasteiger partial charge in [0.25, 0.3) is 5.89 Å². The highest BCUT2D eigenvalue weighted by Crippen LogP contribution is 2.27. The normalized spacial score (nSPS) is 11.1. The Morgan fingerprint density at radius 3 is 2.61 bits per heavy atom. The summed E-state index contributed by atoms with van der Waals surface area (Å²) >= 11 is 1.43. The number of methoxy groups -OCH3 is 1. The van der Waals surface area contributed by atoms with Crippen molar-refractivity contribution in [1.29, 1.82) is 0 Å². The SMILES string of the molecule is COc1ccc(Cn2nnnc2SCc2nnc(-c3cc(C)oc3C)o2)cc1. The molecule has 0 aliphatic heterocycles. The molecule has 0 radical (unpaired) electrons. The quantitative estimate of drug-likeness (QED) is 0.434. The van der Waals surface area contributed by atoms with Crippen molar-refractivity contribution in [3.8, 4) is 17.2 Å². The third kappa shape index (κ3) is 3.91. The molecule has 0 amide bonds. The van der Waals surface area contributed by atoms with Crippen molar-refractivity contribution in [1.82, 2.24) is 30.4 Å². The fraction of sp³-hybridized carbons (Fsp3) is 0.278. The molecule has 0 saturated carbocycles. The molecule has 0 aliphatic carbocycles. The van der Waals surface area contributed by atoms with Gasteiger partial charge < -0.3 is 13.6 Å². The van der Waals surface area contributed by atoms with Crippen LogP contribution in [0.25, 0.3) is 11.5 Å². The molecule has 0 N–H and O–H groups in total. The van der Waals surface area contributed by atoms with E-state index >= 15 is 0 Å². The van der Waals surface area contributed by atoms with Crippen molar-refractivity contribution in [3.05, 3.63) is 53.3 Å². The summed E-state index contributed by atoms with van der Waals surface area (Å²) in [6.07, 6.45) is 0. The number of nitrogens with zero attached hydrogens (tertiary/aromatic N) is 6. The molecule has 4 aromatic rings. The lowest BCUT2D eigenvalue weighted by Gasteiger charge is -2.05. The summed E-state index contributed by atoms with van der Waals surface area (Å²) in [4.78, 5) is 0. The van der Waals surface area contributed by atoms with Crippen LogP contribution in [0.1, 0.15) is 23.0 Å². The van der Waals surface area contributed by atoms with E-state index in [1.54, 1.807) is 11.8 Å². The molecule has 144 valence electrons. The topological polar surface area (TPSA) is 105 Å². The lowest BCUT2D eigenvalue weighted by atomic mass is 10.2. The van der Waals surface area contributed by atoms with E-state index in [1.165, 1.54) is 11.8 Å². The molecule has 0 bridgehead atoms. The number of hydrogen-bond donors (Lipinski definition) is 0. The monoisotopic (exact) mass is 398 g/mol. The zero-order valence-corrected chi connectivity index (χ0v) is 16.4. The Morgan fingerprint density at radius 2 is 1.89 bits per heavy atom. The van der Waals surface area contributed by atoms with E-state index in [0.29, 0.717) is 29.2 Å². The van der Waals surface area contributed by atoms with Crippen LogP contribution in [0.3, 0.4) is 0 Å². The lowest BCUT2D eigenvalue weighted by Crippen LogP contribution is -2.04. The van der Waals surface area contributed by atoms with Crippen molar-refractivity contribution in [2.45, 2.75) is 31.3 Å². The molecule has 0 fully saturated rings. The van der Waals surface area contributed by atoms with Crippen LogP contribution in [-0.4, -0.2) is 37.5 Å². The van der Waals surface area contributed by atoms with E-state index in [2.05, 4.69) is 25.7 Å². The van der Waals surface area contributed by atoms with Gasteiger partial charge in [-0.3, -0.25) is 0 Å². The van der Waals surface area contributed by atoms with Crippen LogP contribution in [0.4, 0.5) is 0 Å². The van der Waals surface area contributed by atoms with Crippen LogP contribution < -0.4 is 4.74 Å². The Morgan fingerprint density at radius 1 is 1.07 bits per heavy atom. The highest BCUT2D eigenvalue weighted by atomic mass is 32.2. The van der Waals surface area contributed by atoms with E-state index in [4.69, 9.17) is 13.6 Å². The van der Waals surface area contributed by atoms with E-state index in [9.17, 15) is 0 Å². The molecule has 0 aliphatic rings. The maximum atomic E-state index is 5.75. The van der Waals surface area contributed by atoms with Gasteiger partial charge in [-0.2, -0.15) is 0 Å². The third-order valence-corrected chi connectivity index (χ3v) is 5.00. The molecular weight excluding hydrogens is 380 g/mol. The summed E-state index contributed by atoms with van der Waals surface area (Å²) in [6.45, 7) is 4.31. The van der Waals surface area contributed by atoms with Crippen molar-refractivity contribution in [2.24, 2.45) is 0 Å². The Balaban J connectivity index is 1.42. The van der Waals surface area contributed by atoms with Gasteiger partial charge in [-0.05, 0) is 48.0 Å². The molecule has 0 atom stereocenters. The van der Waals surface area contributed by atoms with Gasteiger partial charge >= 0.3 is 0 Å². The van der Waals surface area contributed by atoms with E-state index in [0.717, 1.165) is 28.4 Å². The van der Waals surface area contributed by atoms with E-state index in [1.807, 2.05) is 44.2 Å². The Hall–Kier alpha value is -3.14. The van der Waals surface area contributed by atoms with Crippen LogP contribution in [0.5, 0.6) is 5.75 Å². The molecule has 3 aromatic heterocycles. The smallest absolute Gasteiger partial charge is 0.251 e. The molecule has 9 nitrogen and oxygen atoms in total. The highest BCUT2D eigenvalue weighted by Gasteiger charge is 2.16. The van der Waals surface area contributed by atoms with Crippen LogP contribution in [0, 0.1) is 13.8 Å². The highest BCUT2D eigenvalue weighted by molar-refractivity contribution is 7.98. The zero-order chi connectivity index (χ0) is 19.5. The minimum Gasteiger partial charge on any atom is -0.497 e. The molecule has 3 heterocycles. The fourth-order valence-electron chi connectivity index (χ4n) is 2.69. The van der Waals surface area contributed by atoms with Crippen LogP contribution >= 0.6 is 11.8 Å². The first-order chi connectivity index (χ1) is 13.6. The second-order valence-electron chi connectivity index (χ2n) is 6.08. The minimum atomic E-state index is 0.447. The lowest BCUT2D eigenvalue weighted by molar-refractivity contribution is 0.414. The van der Waals surface area contributed by atoms with E-state index < -0.39 is 0 Å². The number of thioether (sulfide) groups is 1. The van der Waals surface area contributed by atoms with Crippen molar-refractivity contribution in [3.63, 3.8) is 0 Å². The largest absolute Gasteiger partial charge is 0.497 e. The molecule has 4 rings (SSSR count). The van der Waals surface area contributed by atoms with Gasteiger partial charge in [0, 0.05) is 0 Å². The van der Waals surface area contributed by atoms with E-state index in [-0.39, 0.29) is 0 Å². The number of benzene rings is 1. The Labute approximate surface area is 165 Å². The number of hydrogen-bond acceptors (Lipinski definition) is 9. The molecule has 0 saturated heterocycles. The first-order valence-corrected chi connectivity index (χ1v) is 9.52. The molecule has 0 spiro atoms. The predicted octanol–water partition coefficient (Wildman–Crippen LogP) is 3.28. The summed E-state index contributed by atoms with van der Waals surface area (Å²) in [7, 11) is 1.64. The standard InChI is InChI=1S/C18H18N6O3S/c1-11-8-15(12(2)26-11)17-20-19-16(27-17)10-28-18-21-22-23-24(18)9-13-4-6-14(25-3)7-5-13/h4-8H,9-10H2,1-3H3. The Bertz CT molecular complexity index is 1070. The van der Waals surface area contributed by atoms with Crippen LogP contribution in [0.2, 0.25) is 0 Å².